The molecular weight excluding hydrogens is 863 g/mol. The van der Waals surface area contributed by atoms with Gasteiger partial charge in [-0.15, -0.1) is 15.3 Å². The third-order valence-corrected chi connectivity index (χ3v) is 11.7. The van der Waals surface area contributed by atoms with E-state index in [-0.39, 0.29) is 10.6 Å². The number of carbonyl (C=O) groups is 2. The van der Waals surface area contributed by atoms with Crippen molar-refractivity contribution in [3.63, 3.8) is 0 Å². The van der Waals surface area contributed by atoms with E-state index in [2.05, 4.69) is 34.1 Å². The molecule has 0 atom stereocenters. The van der Waals surface area contributed by atoms with Crippen LogP contribution in [-0.2, 0) is 59.0 Å². The van der Waals surface area contributed by atoms with E-state index in [1.165, 1.54) is 0 Å². The molecule has 3 aromatic rings. The van der Waals surface area contributed by atoms with Crippen molar-refractivity contribution in [2.24, 2.45) is 20.5 Å². The standard InChI is InChI=1S/C26H27N5O20S5/c32-20-14-18(26(35)36)22(30-28-16-2-4-17(5-3-16)53(39,40)12-9-51-56(47,48)49)24(33)23(20)31-29-19-6-1-15(13-21(19)54(41,42)43)25(34)27-7-10-52(37,38)11-8-50-55(44,45)46/h1-6,13-14,32-33H,7-12H2,(H,27,34)(H,35,36)(H,41,42,43)(H,44,45,46)(H,47,48,49). The molecule has 306 valence electrons. The molecule has 0 aliphatic rings. The number of phenolic OH excluding ortho intramolecular Hbond substituents is 2. The Morgan fingerprint density at radius 2 is 1.25 bits per heavy atom. The van der Waals surface area contributed by atoms with E-state index in [1.807, 2.05) is 0 Å². The van der Waals surface area contributed by atoms with Crippen molar-refractivity contribution < 1.29 is 89.0 Å². The molecule has 0 heterocycles. The Bertz CT molecular complexity index is 2630. The minimum absolute atomic E-state index is 0.126. The molecule has 0 saturated carbocycles. The maximum atomic E-state index is 12.6. The largest absolute Gasteiger partial charge is 0.505 e. The van der Waals surface area contributed by atoms with E-state index in [1.54, 1.807) is 0 Å². The quantitative estimate of drug-likeness (QED) is 0.0661. The van der Waals surface area contributed by atoms with Crippen molar-refractivity contribution in [3.05, 3.63) is 59.7 Å². The first kappa shape index (κ1) is 45.3. The number of hydrogen-bond donors (Lipinski definition) is 7. The molecule has 1 amide bonds. The summed E-state index contributed by atoms with van der Waals surface area (Å²) in [5.74, 6) is -7.44. The molecule has 3 aromatic carbocycles. The Hall–Kier alpha value is -5.05. The van der Waals surface area contributed by atoms with Crippen molar-refractivity contribution in [2.45, 2.75) is 9.79 Å². The summed E-state index contributed by atoms with van der Waals surface area (Å²) >= 11 is 0. The molecule has 0 aliphatic heterocycles. The van der Waals surface area contributed by atoms with Gasteiger partial charge in [-0.3, -0.25) is 18.5 Å². The minimum atomic E-state index is -5.20. The Labute approximate surface area is 316 Å². The molecule has 0 spiro atoms. The number of aromatic hydroxyl groups is 2. The van der Waals surface area contributed by atoms with E-state index in [4.69, 9.17) is 9.11 Å². The molecule has 7 N–H and O–H groups in total. The van der Waals surface area contributed by atoms with Crippen LogP contribution in [0.1, 0.15) is 20.7 Å². The van der Waals surface area contributed by atoms with Crippen LogP contribution in [0, 0.1) is 0 Å². The van der Waals surface area contributed by atoms with Crippen LogP contribution in [0.2, 0.25) is 0 Å². The molecule has 0 bridgehead atoms. The van der Waals surface area contributed by atoms with E-state index in [9.17, 15) is 71.6 Å². The zero-order valence-electron chi connectivity index (χ0n) is 27.6. The molecule has 0 aromatic heterocycles. The van der Waals surface area contributed by atoms with Gasteiger partial charge in [0.2, 0.25) is 0 Å². The van der Waals surface area contributed by atoms with Gasteiger partial charge < -0.3 is 20.6 Å². The molecule has 0 aliphatic carbocycles. The second-order valence-electron chi connectivity index (χ2n) is 10.6. The van der Waals surface area contributed by atoms with E-state index in [0.29, 0.717) is 12.1 Å². The number of carboxylic acid groups (broad SMARTS) is 1. The summed E-state index contributed by atoms with van der Waals surface area (Å²) in [7, 11) is -23.1. The molecule has 56 heavy (non-hydrogen) atoms. The Morgan fingerprint density at radius 1 is 0.679 bits per heavy atom. The lowest BCUT2D eigenvalue weighted by Crippen LogP contribution is -2.30. The smallest absolute Gasteiger partial charge is 0.397 e. The summed E-state index contributed by atoms with van der Waals surface area (Å²) in [5, 5.41) is 47.4. The van der Waals surface area contributed by atoms with Gasteiger partial charge in [-0.05, 0) is 48.5 Å². The van der Waals surface area contributed by atoms with Crippen molar-refractivity contribution >= 4 is 85.2 Å². The fourth-order valence-electron chi connectivity index (χ4n) is 4.03. The summed E-state index contributed by atoms with van der Waals surface area (Å²) in [6, 6.07) is 7.11. The molecule has 0 saturated heterocycles. The lowest BCUT2D eigenvalue weighted by Gasteiger charge is -2.09. The van der Waals surface area contributed by atoms with E-state index >= 15 is 0 Å². The number of nitrogens with one attached hydrogen (secondary N) is 1. The number of benzene rings is 3. The Balaban J connectivity index is 1.87. The van der Waals surface area contributed by atoms with Gasteiger partial charge >= 0.3 is 26.8 Å². The number of amides is 1. The minimum Gasteiger partial charge on any atom is -0.505 e. The predicted octanol–water partition coefficient (Wildman–Crippen LogP) is 1.43. The van der Waals surface area contributed by atoms with Gasteiger partial charge in [0.1, 0.15) is 22.0 Å². The SMILES string of the molecule is O=C(NCCS(=O)(=O)CCOS(=O)(=O)O)c1ccc(N=Nc2c(O)cc(C(=O)O)c(N=Nc3ccc(S(=O)(=O)CCOS(=O)(=O)O)cc3)c2O)c(S(=O)(=O)O)c1. The van der Waals surface area contributed by atoms with Gasteiger partial charge in [0.25, 0.3) is 16.0 Å². The molecule has 25 nitrogen and oxygen atoms in total. The lowest BCUT2D eigenvalue weighted by molar-refractivity contribution is 0.0696. The highest BCUT2D eigenvalue weighted by Crippen LogP contribution is 2.47. The van der Waals surface area contributed by atoms with Crippen LogP contribution < -0.4 is 5.32 Å². The number of phenols is 2. The predicted molar refractivity (Wildman–Crippen MR) is 186 cm³/mol. The van der Waals surface area contributed by atoms with Crippen molar-refractivity contribution in [1.29, 1.82) is 0 Å². The number of carbonyl (C=O) groups excluding carboxylic acids is 1. The van der Waals surface area contributed by atoms with Crippen LogP contribution in [0.25, 0.3) is 0 Å². The van der Waals surface area contributed by atoms with Gasteiger partial charge in [0.15, 0.2) is 31.1 Å². The number of carboxylic acids is 1. The monoisotopic (exact) mass is 889 g/mol. The first-order valence-corrected chi connectivity index (χ1v) is 22.2. The summed E-state index contributed by atoms with van der Waals surface area (Å²) in [4.78, 5) is 23.1. The van der Waals surface area contributed by atoms with E-state index in [0.717, 1.165) is 36.4 Å². The highest BCUT2D eigenvalue weighted by molar-refractivity contribution is 7.91. The molecule has 3 rings (SSSR count). The van der Waals surface area contributed by atoms with Gasteiger partial charge in [0.05, 0.1) is 46.6 Å². The zero-order chi connectivity index (χ0) is 42.3. The van der Waals surface area contributed by atoms with Crippen LogP contribution in [-0.4, -0.2) is 120 Å². The van der Waals surface area contributed by atoms with Gasteiger partial charge in [0, 0.05) is 12.1 Å². The second-order valence-corrected chi connectivity index (χ2v) is 18.6. The number of nitrogens with zero attached hydrogens (tertiary/aromatic N) is 4. The van der Waals surface area contributed by atoms with Crippen molar-refractivity contribution in [3.8, 4) is 11.5 Å². The summed E-state index contributed by atoms with van der Waals surface area (Å²) < 4.78 is 150. The number of hydrogen-bond acceptors (Lipinski definition) is 20. The maximum absolute atomic E-state index is 12.6. The molecule has 30 heteroatoms. The fourth-order valence-corrected chi connectivity index (χ4v) is 7.52. The second kappa shape index (κ2) is 17.8. The van der Waals surface area contributed by atoms with Crippen LogP contribution in [0.15, 0.2) is 78.8 Å². The van der Waals surface area contributed by atoms with Gasteiger partial charge in [-0.25, -0.2) is 30.0 Å². The first-order valence-electron chi connectivity index (χ1n) is 14.5. The van der Waals surface area contributed by atoms with Crippen LogP contribution in [0.5, 0.6) is 11.5 Å². The third kappa shape index (κ3) is 13.6. The highest BCUT2D eigenvalue weighted by atomic mass is 32.3. The normalized spacial score (nSPS) is 13.0. The number of rotatable bonds is 19. The van der Waals surface area contributed by atoms with Gasteiger partial charge in [-0.1, -0.05) is 0 Å². The first-order chi connectivity index (χ1) is 25.7. The van der Waals surface area contributed by atoms with Crippen molar-refractivity contribution in [1.82, 2.24) is 5.32 Å². The average molecular weight is 890 g/mol. The topological polar surface area (TPSA) is 406 Å². The lowest BCUT2D eigenvalue weighted by atomic mass is 10.1. The highest BCUT2D eigenvalue weighted by Gasteiger charge is 2.24. The maximum Gasteiger partial charge on any atom is 0.397 e. The molecular formula is C26H27N5O20S5. The zero-order valence-corrected chi connectivity index (χ0v) is 31.7. The number of azo groups is 2. The molecule has 0 radical (unpaired) electrons. The summed E-state index contributed by atoms with van der Waals surface area (Å²) in [6.07, 6.45) is 0. The third-order valence-electron chi connectivity index (χ3n) is 6.59. The summed E-state index contributed by atoms with van der Waals surface area (Å²) in [5.41, 5.74) is -3.86. The fraction of sp³-hybridized carbons (Fsp3) is 0.231. The van der Waals surface area contributed by atoms with Crippen LogP contribution >= 0.6 is 0 Å². The van der Waals surface area contributed by atoms with E-state index < -0.39 is 144 Å². The average Bonchev–Trinajstić information content (AvgIpc) is 3.05. The summed E-state index contributed by atoms with van der Waals surface area (Å²) in [6.45, 7) is -2.38. The number of aromatic carboxylic acids is 1. The van der Waals surface area contributed by atoms with Crippen LogP contribution in [0.3, 0.4) is 0 Å². The van der Waals surface area contributed by atoms with Crippen molar-refractivity contribution in [2.75, 3.05) is 37.0 Å². The molecule has 0 unspecified atom stereocenters. The van der Waals surface area contributed by atoms with Gasteiger partial charge in [-0.2, -0.15) is 30.4 Å². The Morgan fingerprint density at radius 3 is 1.80 bits per heavy atom. The Kier molecular flexibility index (Phi) is 14.4. The molecule has 0 fully saturated rings. The van der Waals surface area contributed by atoms with Crippen LogP contribution in [0.4, 0.5) is 22.7 Å². The number of sulfone groups is 2.